The van der Waals surface area contributed by atoms with Crippen LogP contribution >= 0.6 is 15.6 Å². The Bertz CT molecular complexity index is 2440. The van der Waals surface area contributed by atoms with E-state index < -0.39 is 91.5 Å². The highest BCUT2D eigenvalue weighted by atomic mass is 31.2. The van der Waals surface area contributed by atoms with Crippen LogP contribution in [0.2, 0.25) is 0 Å². The van der Waals surface area contributed by atoms with E-state index in [1.165, 1.54) is 128 Å². The molecule has 604 valence electrons. The van der Waals surface area contributed by atoms with Gasteiger partial charge in [0.05, 0.1) is 26.4 Å². The number of rotatable bonds is 78. The molecule has 0 aromatic carbocycles. The monoisotopic (exact) mass is 1510 g/mol. The number of allylic oxidation sites excluding steroid dienone is 22. The molecule has 0 aliphatic heterocycles. The van der Waals surface area contributed by atoms with Crippen molar-refractivity contribution in [3.8, 4) is 0 Å². The summed E-state index contributed by atoms with van der Waals surface area (Å²) in [6.45, 7) is 2.47. The maximum atomic E-state index is 12.9. The minimum atomic E-state index is -4.93. The van der Waals surface area contributed by atoms with Gasteiger partial charge in [-0.1, -0.05) is 341 Å². The van der Waals surface area contributed by atoms with Crippen LogP contribution in [0, 0.1) is 0 Å². The molecule has 0 aliphatic carbocycles. The number of hydrogen-bond donors (Lipinski definition) is 4. The van der Waals surface area contributed by atoms with E-state index in [1.807, 2.05) is 0 Å². The summed E-state index contributed by atoms with van der Waals surface area (Å²) >= 11 is 0. The first-order valence-electron chi connectivity index (χ1n) is 41.5. The Hall–Kier alpha value is -4.31. The second-order valence-electron chi connectivity index (χ2n) is 27.5. The zero-order valence-corrected chi connectivity index (χ0v) is 67.9. The number of esters is 3. The zero-order chi connectivity index (χ0) is 76.6. The summed E-state index contributed by atoms with van der Waals surface area (Å²) in [7, 11) is -9.78. The van der Waals surface area contributed by atoms with Crippen molar-refractivity contribution in [2.24, 2.45) is 0 Å². The predicted octanol–water partition coefficient (Wildman–Crippen LogP) is 24.7. The third-order valence-electron chi connectivity index (χ3n) is 17.4. The highest BCUT2D eigenvalue weighted by Gasteiger charge is 2.29. The molecule has 18 heteroatoms. The van der Waals surface area contributed by atoms with Crippen LogP contribution in [-0.2, 0) is 55.8 Å². The third-order valence-corrected chi connectivity index (χ3v) is 19.3. The van der Waals surface area contributed by atoms with Gasteiger partial charge in [0, 0.05) is 19.3 Å². The molecule has 0 fully saturated rings. The number of hydrogen-bond acceptors (Lipinski definition) is 14. The molecule has 4 N–H and O–H groups in total. The average molecular weight is 1510 g/mol. The van der Waals surface area contributed by atoms with Gasteiger partial charge in [-0.15, -0.1) is 0 Å². The van der Waals surface area contributed by atoms with Gasteiger partial charge < -0.3 is 34.2 Å². The van der Waals surface area contributed by atoms with Gasteiger partial charge in [-0.25, -0.2) is 9.13 Å². The smallest absolute Gasteiger partial charge is 0.463 e. The molecule has 105 heavy (non-hydrogen) atoms. The van der Waals surface area contributed by atoms with Crippen molar-refractivity contribution in [2.45, 2.75) is 360 Å². The van der Waals surface area contributed by atoms with Crippen LogP contribution < -0.4 is 0 Å². The molecular weight excluding hydrogens is 1360 g/mol. The van der Waals surface area contributed by atoms with E-state index in [2.05, 4.69) is 154 Å². The SMILES string of the molecule is CC/C=C\C/C=C\C/C=C\C/C=C\C/C=C\C/C=C\CCCCCCCCCCCCCCC(=O)OCC(O)COP(=O)(O)OCC(O)COP(=O)(O)OCC(COC(=O)CCCCCCCCCCCCC/C=C\C/C=C\C/C=C\C/C=C\C/C=C\CC)OC(=O)CCCCCCCCCCCCC. The van der Waals surface area contributed by atoms with E-state index >= 15 is 0 Å². The van der Waals surface area contributed by atoms with E-state index in [9.17, 15) is 43.5 Å². The second kappa shape index (κ2) is 79.2. The number of aliphatic hydroxyl groups excluding tert-OH is 2. The van der Waals surface area contributed by atoms with E-state index in [4.69, 9.17) is 32.3 Å². The van der Waals surface area contributed by atoms with Crippen molar-refractivity contribution in [2.75, 3.05) is 39.6 Å². The van der Waals surface area contributed by atoms with Crippen molar-refractivity contribution in [3.63, 3.8) is 0 Å². The normalized spacial score (nSPS) is 14.6. The van der Waals surface area contributed by atoms with Gasteiger partial charge in [0.15, 0.2) is 6.10 Å². The van der Waals surface area contributed by atoms with Crippen LogP contribution in [0.1, 0.15) is 342 Å². The summed E-state index contributed by atoms with van der Waals surface area (Å²) in [5.74, 6) is -1.57. The fourth-order valence-corrected chi connectivity index (χ4v) is 12.7. The Labute approximate surface area is 639 Å². The van der Waals surface area contributed by atoms with Gasteiger partial charge in [0.1, 0.15) is 25.4 Å². The maximum absolute atomic E-state index is 12.9. The van der Waals surface area contributed by atoms with Crippen LogP contribution in [0.15, 0.2) is 134 Å². The minimum Gasteiger partial charge on any atom is -0.463 e. The van der Waals surface area contributed by atoms with E-state index in [1.54, 1.807) is 0 Å². The quantitative estimate of drug-likeness (QED) is 0.0146. The van der Waals surface area contributed by atoms with Gasteiger partial charge in [0.2, 0.25) is 0 Å². The summed E-state index contributed by atoms with van der Waals surface area (Å²) in [5.41, 5.74) is 0. The number of phosphoric ester groups is 2. The number of carbonyl (C=O) groups is 3. The highest BCUT2D eigenvalue weighted by molar-refractivity contribution is 7.47. The lowest BCUT2D eigenvalue weighted by Gasteiger charge is -2.21. The molecule has 0 aromatic rings. The number of unbranched alkanes of at least 4 members (excludes halogenated alkanes) is 33. The Kier molecular flexibility index (Phi) is 76.0. The molecule has 16 nitrogen and oxygen atoms in total. The fraction of sp³-hybridized carbons (Fsp3) is 0.713. The highest BCUT2D eigenvalue weighted by Crippen LogP contribution is 2.45. The van der Waals surface area contributed by atoms with Crippen LogP contribution in [0.4, 0.5) is 0 Å². The molecule has 0 aliphatic rings. The first-order chi connectivity index (χ1) is 51.2. The van der Waals surface area contributed by atoms with Gasteiger partial charge in [-0.3, -0.25) is 32.5 Å². The van der Waals surface area contributed by atoms with E-state index in [0.717, 1.165) is 154 Å². The topological polar surface area (TPSA) is 231 Å². The molecule has 0 rings (SSSR count). The van der Waals surface area contributed by atoms with Crippen LogP contribution in [-0.4, -0.2) is 95.9 Å². The summed E-state index contributed by atoms with van der Waals surface area (Å²) in [6.07, 6.45) is 96.6. The van der Waals surface area contributed by atoms with Crippen molar-refractivity contribution in [1.82, 2.24) is 0 Å². The first kappa shape index (κ1) is 101. The van der Waals surface area contributed by atoms with Gasteiger partial charge in [-0.05, 0) is 116 Å². The summed E-state index contributed by atoms with van der Waals surface area (Å²) in [6, 6.07) is 0. The van der Waals surface area contributed by atoms with Gasteiger partial charge >= 0.3 is 33.6 Å². The van der Waals surface area contributed by atoms with Gasteiger partial charge in [0.25, 0.3) is 0 Å². The lowest BCUT2D eigenvalue weighted by molar-refractivity contribution is -0.161. The largest absolute Gasteiger partial charge is 0.472 e. The predicted molar refractivity (Wildman–Crippen MR) is 436 cm³/mol. The fourth-order valence-electron chi connectivity index (χ4n) is 11.1. The maximum Gasteiger partial charge on any atom is 0.472 e. The Morgan fingerprint density at radius 3 is 0.800 bits per heavy atom. The molecule has 5 atom stereocenters. The number of aliphatic hydroxyl groups is 2. The molecule has 0 aromatic heterocycles. The molecule has 0 heterocycles. The van der Waals surface area contributed by atoms with Crippen LogP contribution in [0.25, 0.3) is 0 Å². The zero-order valence-electron chi connectivity index (χ0n) is 66.1. The standard InChI is InChI=1S/C87H150O16P2/c1-4-7-10-13-16-19-22-24-26-28-30-32-34-36-38-39-40-41-43-45-46-48-50-52-54-56-59-61-64-67-70-73-85(90)97-76-82(88)77-99-104(93,94)100-78-83(89)79-101-105(95,96)102-81-84(103-87(92)75-72-69-66-63-58-21-18-15-12-9-6-3)80-98-86(91)74-71-68-65-62-60-57-55-53-51-49-47-44-42-37-35-33-31-29-27-25-23-20-17-14-11-8-5-2/h7-8,10-11,16-17,19-20,24-27,30-33,36-38,40-42,82-84,88-89H,4-6,9,12-15,18,21-23,28-29,34-35,39,43-81H2,1-3H3,(H,93,94)(H,95,96)/b10-7-,11-8-,19-16-,20-17-,26-24-,27-25-,32-30-,33-31-,38-36-,41-40-,42-37-. The number of phosphoric acid groups is 2. The molecule has 0 saturated heterocycles. The third kappa shape index (κ3) is 80.5. The molecule has 0 bridgehead atoms. The molecule has 0 amide bonds. The number of ether oxygens (including phenoxy) is 3. The molecular formula is C87H150O16P2. The Morgan fingerprint density at radius 1 is 0.276 bits per heavy atom. The van der Waals surface area contributed by atoms with Crippen molar-refractivity contribution in [3.05, 3.63) is 134 Å². The summed E-state index contributed by atoms with van der Waals surface area (Å²) in [5, 5.41) is 20.6. The van der Waals surface area contributed by atoms with Crippen molar-refractivity contribution in [1.29, 1.82) is 0 Å². The van der Waals surface area contributed by atoms with Crippen LogP contribution in [0.5, 0.6) is 0 Å². The number of carbonyl (C=O) groups excluding carboxylic acids is 3. The lowest BCUT2D eigenvalue weighted by Crippen LogP contribution is -2.30. The van der Waals surface area contributed by atoms with Crippen LogP contribution in [0.3, 0.4) is 0 Å². The van der Waals surface area contributed by atoms with Crippen molar-refractivity contribution >= 4 is 33.6 Å². The van der Waals surface area contributed by atoms with E-state index in [0.29, 0.717) is 19.3 Å². The van der Waals surface area contributed by atoms with Gasteiger partial charge in [-0.2, -0.15) is 0 Å². The lowest BCUT2D eigenvalue weighted by atomic mass is 10.0. The second-order valence-corrected chi connectivity index (χ2v) is 30.4. The summed E-state index contributed by atoms with van der Waals surface area (Å²) < 4.78 is 61.2. The summed E-state index contributed by atoms with van der Waals surface area (Å²) in [4.78, 5) is 58.6. The first-order valence-corrected chi connectivity index (χ1v) is 44.5. The molecule has 0 radical (unpaired) electrons. The average Bonchev–Trinajstić information content (AvgIpc) is 0.918. The Morgan fingerprint density at radius 2 is 0.505 bits per heavy atom. The Balaban J connectivity index is 4.41. The molecule has 5 unspecified atom stereocenters. The molecule has 0 spiro atoms. The minimum absolute atomic E-state index is 0.106. The molecule has 0 saturated carbocycles. The van der Waals surface area contributed by atoms with E-state index in [-0.39, 0.29) is 19.3 Å². The van der Waals surface area contributed by atoms with Crippen molar-refractivity contribution < 1.29 is 75.8 Å².